The summed E-state index contributed by atoms with van der Waals surface area (Å²) < 4.78 is 10.7. The molecule has 1 saturated heterocycles. The van der Waals surface area contributed by atoms with Crippen molar-refractivity contribution in [3.8, 4) is 0 Å². The van der Waals surface area contributed by atoms with Gasteiger partial charge in [0.25, 0.3) is 0 Å². The summed E-state index contributed by atoms with van der Waals surface area (Å²) in [5.74, 6) is 1.43. The highest BCUT2D eigenvalue weighted by molar-refractivity contribution is 5.84. The minimum Gasteiger partial charge on any atom is -0.469 e. The van der Waals surface area contributed by atoms with E-state index >= 15 is 0 Å². The molecule has 4 bridgehead atoms. The molecular formula is C27H36N2O5. The van der Waals surface area contributed by atoms with Crippen molar-refractivity contribution in [1.82, 2.24) is 10.2 Å². The molecule has 7 nitrogen and oxygen atoms in total. The molecule has 7 heteroatoms. The Kier molecular flexibility index (Phi) is 6.30. The van der Waals surface area contributed by atoms with E-state index < -0.39 is 5.41 Å². The molecule has 1 aliphatic heterocycles. The number of piperidine rings is 1. The van der Waals surface area contributed by atoms with Gasteiger partial charge in [-0.1, -0.05) is 30.3 Å². The van der Waals surface area contributed by atoms with E-state index in [9.17, 15) is 14.4 Å². The van der Waals surface area contributed by atoms with Gasteiger partial charge in [0.2, 0.25) is 5.91 Å². The van der Waals surface area contributed by atoms with Gasteiger partial charge in [0.05, 0.1) is 18.4 Å². The van der Waals surface area contributed by atoms with Crippen molar-refractivity contribution in [3.63, 3.8) is 0 Å². The number of likely N-dealkylation sites (tertiary alicyclic amines) is 1. The van der Waals surface area contributed by atoms with Crippen LogP contribution in [0, 0.1) is 35.0 Å². The highest BCUT2D eigenvalue weighted by Gasteiger charge is 2.57. The van der Waals surface area contributed by atoms with Gasteiger partial charge >= 0.3 is 12.1 Å². The maximum absolute atomic E-state index is 13.6. The molecular weight excluding hydrogens is 432 g/mol. The van der Waals surface area contributed by atoms with Crippen molar-refractivity contribution < 1.29 is 23.9 Å². The molecule has 5 fully saturated rings. The zero-order chi connectivity index (χ0) is 23.9. The average molecular weight is 469 g/mol. The molecule has 6 rings (SSSR count). The monoisotopic (exact) mass is 468 g/mol. The Balaban J connectivity index is 1.23. The number of nitrogens with one attached hydrogen (secondary N) is 1. The van der Waals surface area contributed by atoms with Crippen LogP contribution < -0.4 is 5.32 Å². The van der Waals surface area contributed by atoms with Crippen LogP contribution in [0.4, 0.5) is 4.79 Å². The Hall–Kier alpha value is -2.57. The van der Waals surface area contributed by atoms with Gasteiger partial charge < -0.3 is 19.7 Å². The van der Waals surface area contributed by atoms with Crippen molar-refractivity contribution in [2.75, 3.05) is 20.2 Å². The zero-order valence-corrected chi connectivity index (χ0v) is 20.2. The molecule has 1 aromatic rings. The predicted molar refractivity (Wildman–Crippen MR) is 125 cm³/mol. The van der Waals surface area contributed by atoms with Crippen LogP contribution in [0.3, 0.4) is 0 Å². The van der Waals surface area contributed by atoms with Crippen LogP contribution >= 0.6 is 0 Å². The molecule has 34 heavy (non-hydrogen) atoms. The van der Waals surface area contributed by atoms with E-state index in [0.29, 0.717) is 30.8 Å². The van der Waals surface area contributed by atoms with Gasteiger partial charge in [-0.25, -0.2) is 4.79 Å². The lowest BCUT2D eigenvalue weighted by molar-refractivity contribution is -0.164. The van der Waals surface area contributed by atoms with Crippen LogP contribution in [-0.2, 0) is 25.7 Å². The lowest BCUT2D eigenvalue weighted by Gasteiger charge is -2.57. The molecule has 0 radical (unpaired) electrons. The normalized spacial score (nSPS) is 36.1. The predicted octanol–water partition coefficient (Wildman–Crippen LogP) is 3.77. The average Bonchev–Trinajstić information content (AvgIpc) is 2.84. The standard InChI is InChI=1S/C27H36N2O5/c1-27(9-6-10-29(16-27)26(32)34-15-17-7-4-3-5-8-17)25(31)28-23-20-12-18-11-19(14-20)22(21(23)13-18)24(30)33-2/h3-5,7-8,18-23H,6,9-16H2,1-2H3,(H,28,31). The van der Waals surface area contributed by atoms with Gasteiger partial charge in [0.1, 0.15) is 6.61 Å². The Morgan fingerprint density at radius 1 is 1.09 bits per heavy atom. The Labute approximate surface area is 201 Å². The number of esters is 1. The molecule has 4 saturated carbocycles. The topological polar surface area (TPSA) is 84.9 Å². The van der Waals surface area contributed by atoms with E-state index in [1.165, 1.54) is 7.11 Å². The number of hydrogen-bond donors (Lipinski definition) is 1. The maximum Gasteiger partial charge on any atom is 0.410 e. The van der Waals surface area contributed by atoms with Crippen molar-refractivity contribution in [3.05, 3.63) is 35.9 Å². The van der Waals surface area contributed by atoms with Crippen LogP contribution in [0.1, 0.15) is 51.0 Å². The van der Waals surface area contributed by atoms with Crippen molar-refractivity contribution >= 4 is 18.0 Å². The SMILES string of the molecule is COC(=O)C1C2CC3CC(C2)C(NC(=O)C2(C)CCCN(C(=O)OCc4ccccc4)C2)C1C3. The number of rotatable bonds is 5. The van der Waals surface area contributed by atoms with Gasteiger partial charge in [0, 0.05) is 19.1 Å². The van der Waals surface area contributed by atoms with E-state index in [-0.39, 0.29) is 42.5 Å². The Morgan fingerprint density at radius 3 is 2.62 bits per heavy atom. The van der Waals surface area contributed by atoms with E-state index in [1.54, 1.807) is 4.90 Å². The van der Waals surface area contributed by atoms with E-state index in [2.05, 4.69) is 5.32 Å². The number of methoxy groups -OCH3 is 1. The van der Waals surface area contributed by atoms with Crippen LogP contribution in [0.2, 0.25) is 0 Å². The van der Waals surface area contributed by atoms with Gasteiger partial charge in [-0.3, -0.25) is 9.59 Å². The summed E-state index contributed by atoms with van der Waals surface area (Å²) in [4.78, 5) is 40.6. The van der Waals surface area contributed by atoms with Crippen LogP contribution in [-0.4, -0.2) is 49.1 Å². The Morgan fingerprint density at radius 2 is 1.85 bits per heavy atom. The molecule has 1 N–H and O–H groups in total. The third kappa shape index (κ3) is 4.29. The van der Waals surface area contributed by atoms with Crippen LogP contribution in [0.5, 0.6) is 0 Å². The highest BCUT2D eigenvalue weighted by Crippen LogP contribution is 2.57. The number of carbonyl (C=O) groups is 3. The second-order valence-corrected chi connectivity index (χ2v) is 11.2. The summed E-state index contributed by atoms with van der Waals surface area (Å²) in [6.45, 7) is 3.12. The first-order chi connectivity index (χ1) is 16.4. The van der Waals surface area contributed by atoms with Crippen molar-refractivity contribution in [2.24, 2.45) is 35.0 Å². The Bertz CT molecular complexity index is 936. The summed E-state index contributed by atoms with van der Waals surface area (Å²) in [5.41, 5.74) is 0.273. The fraction of sp³-hybridized carbons (Fsp3) is 0.667. The minimum absolute atomic E-state index is 0.00542. The first-order valence-electron chi connectivity index (χ1n) is 12.7. The molecule has 1 aromatic carbocycles. The smallest absolute Gasteiger partial charge is 0.410 e. The van der Waals surface area contributed by atoms with Crippen LogP contribution in [0.25, 0.3) is 0 Å². The third-order valence-electron chi connectivity index (χ3n) is 8.90. The quantitative estimate of drug-likeness (QED) is 0.665. The molecule has 2 amide bonds. The van der Waals surface area contributed by atoms with Crippen LogP contribution in [0.15, 0.2) is 30.3 Å². The molecule has 7 unspecified atom stereocenters. The van der Waals surface area contributed by atoms with Gasteiger partial charge in [0.15, 0.2) is 0 Å². The zero-order valence-electron chi connectivity index (χ0n) is 20.2. The lowest BCUT2D eigenvalue weighted by Crippen LogP contribution is -2.63. The highest BCUT2D eigenvalue weighted by atomic mass is 16.6. The summed E-state index contributed by atoms with van der Waals surface area (Å²) in [5, 5.41) is 3.37. The third-order valence-corrected chi connectivity index (χ3v) is 8.90. The lowest BCUT2D eigenvalue weighted by atomic mass is 9.49. The largest absolute Gasteiger partial charge is 0.469 e. The minimum atomic E-state index is -0.667. The van der Waals surface area contributed by atoms with E-state index in [1.807, 2.05) is 37.3 Å². The maximum atomic E-state index is 13.6. The molecule has 7 atom stereocenters. The molecule has 4 aliphatic carbocycles. The summed E-state index contributed by atoms with van der Waals surface area (Å²) in [7, 11) is 1.47. The van der Waals surface area contributed by atoms with Crippen molar-refractivity contribution in [2.45, 2.75) is 58.1 Å². The fourth-order valence-electron chi connectivity index (χ4n) is 7.36. The number of ether oxygens (including phenoxy) is 2. The fourth-order valence-corrected chi connectivity index (χ4v) is 7.36. The second-order valence-electron chi connectivity index (χ2n) is 11.2. The van der Waals surface area contributed by atoms with E-state index in [4.69, 9.17) is 9.47 Å². The molecule has 0 aromatic heterocycles. The van der Waals surface area contributed by atoms with E-state index in [0.717, 1.165) is 44.1 Å². The number of benzene rings is 1. The number of hydrogen-bond acceptors (Lipinski definition) is 5. The molecule has 184 valence electrons. The van der Waals surface area contributed by atoms with Crippen molar-refractivity contribution in [1.29, 1.82) is 0 Å². The first-order valence-corrected chi connectivity index (χ1v) is 12.7. The molecule has 1 heterocycles. The van der Waals surface area contributed by atoms with Gasteiger partial charge in [-0.2, -0.15) is 0 Å². The first kappa shape index (κ1) is 23.2. The van der Waals surface area contributed by atoms with Gasteiger partial charge in [-0.05, 0) is 74.7 Å². The number of nitrogens with zero attached hydrogens (tertiary/aromatic N) is 1. The number of carbonyl (C=O) groups excluding carboxylic acids is 3. The second kappa shape index (κ2) is 9.23. The summed E-state index contributed by atoms with van der Waals surface area (Å²) in [6, 6.07) is 9.63. The molecule has 0 spiro atoms. The summed E-state index contributed by atoms with van der Waals surface area (Å²) in [6.07, 6.45) is 5.36. The molecule has 5 aliphatic rings. The summed E-state index contributed by atoms with van der Waals surface area (Å²) >= 11 is 0. The van der Waals surface area contributed by atoms with Gasteiger partial charge in [-0.15, -0.1) is 0 Å². The number of amides is 2.